The number of aromatic nitrogens is 1. The molecule has 0 aliphatic carbocycles. The van der Waals surface area contributed by atoms with Gasteiger partial charge < -0.3 is 19.7 Å². The van der Waals surface area contributed by atoms with Crippen molar-refractivity contribution >= 4 is 17.6 Å². The van der Waals surface area contributed by atoms with E-state index in [4.69, 9.17) is 4.74 Å². The summed E-state index contributed by atoms with van der Waals surface area (Å²) in [6.07, 6.45) is 0. The van der Waals surface area contributed by atoms with Gasteiger partial charge in [0, 0.05) is 23.9 Å². The number of carboxylic acid groups (broad SMARTS) is 1. The molecule has 7 heteroatoms. The highest BCUT2D eigenvalue weighted by atomic mass is 19.1. The van der Waals surface area contributed by atoms with Crippen molar-refractivity contribution < 1.29 is 23.8 Å². The van der Waals surface area contributed by atoms with Gasteiger partial charge in [-0.25, -0.2) is 9.18 Å². The zero-order chi connectivity index (χ0) is 25.1. The highest BCUT2D eigenvalue weighted by molar-refractivity contribution is 5.96. The van der Waals surface area contributed by atoms with E-state index in [1.807, 2.05) is 48.7 Å². The molecule has 0 saturated carbocycles. The quantitative estimate of drug-likeness (QED) is 0.339. The Morgan fingerprint density at radius 3 is 2.40 bits per heavy atom. The molecular formula is C28H25FN2O4. The summed E-state index contributed by atoms with van der Waals surface area (Å²) in [4.78, 5) is 23.6. The van der Waals surface area contributed by atoms with Crippen LogP contribution in [0.3, 0.4) is 0 Å². The van der Waals surface area contributed by atoms with Crippen LogP contribution in [0.1, 0.15) is 34.1 Å². The molecule has 0 saturated heterocycles. The van der Waals surface area contributed by atoms with Crippen molar-refractivity contribution in [3.8, 4) is 22.7 Å². The van der Waals surface area contributed by atoms with E-state index >= 15 is 0 Å². The van der Waals surface area contributed by atoms with Crippen LogP contribution in [0.4, 0.5) is 10.1 Å². The molecule has 178 valence electrons. The standard InChI is InChI=1S/C28H25FN2O4/c1-17-4-13-27(35-16-20-6-8-21(29)9-7-20)23(14-17)25-11-5-18(2)31(25)26-12-10-22(30-19(3)32)15-24(26)28(33)34/h4-15H,16H2,1-3H3,(H,30,32)(H,33,34). The summed E-state index contributed by atoms with van der Waals surface area (Å²) in [6.45, 7) is 5.49. The van der Waals surface area contributed by atoms with Crippen LogP contribution in [-0.4, -0.2) is 21.6 Å². The Kier molecular flexibility index (Phi) is 6.68. The van der Waals surface area contributed by atoms with Gasteiger partial charge in [0.05, 0.1) is 16.9 Å². The molecule has 0 atom stereocenters. The minimum atomic E-state index is -1.11. The minimum absolute atomic E-state index is 0.0539. The third-order valence-electron chi connectivity index (χ3n) is 5.58. The monoisotopic (exact) mass is 472 g/mol. The molecule has 0 aliphatic heterocycles. The first-order valence-corrected chi connectivity index (χ1v) is 11.0. The molecule has 0 unspecified atom stereocenters. The highest BCUT2D eigenvalue weighted by Crippen LogP contribution is 2.36. The summed E-state index contributed by atoms with van der Waals surface area (Å²) < 4.78 is 21.2. The predicted octanol–water partition coefficient (Wildman–Crippen LogP) is 6.14. The number of rotatable bonds is 7. The SMILES string of the molecule is CC(=O)Nc1ccc(-n2c(C)ccc2-c2cc(C)ccc2OCc2ccc(F)cc2)c(C(=O)O)c1. The molecule has 0 fully saturated rings. The Labute approximate surface area is 202 Å². The second kappa shape index (κ2) is 9.85. The molecule has 1 aromatic heterocycles. The number of anilines is 1. The maximum Gasteiger partial charge on any atom is 0.337 e. The second-order valence-electron chi connectivity index (χ2n) is 8.33. The van der Waals surface area contributed by atoms with Gasteiger partial charge in [0.25, 0.3) is 0 Å². The van der Waals surface area contributed by atoms with E-state index < -0.39 is 5.97 Å². The molecule has 3 aromatic carbocycles. The highest BCUT2D eigenvalue weighted by Gasteiger charge is 2.20. The third kappa shape index (κ3) is 5.24. The summed E-state index contributed by atoms with van der Waals surface area (Å²) in [5, 5.41) is 12.6. The van der Waals surface area contributed by atoms with Crippen molar-refractivity contribution in [3.63, 3.8) is 0 Å². The van der Waals surface area contributed by atoms with Crippen LogP contribution in [0.5, 0.6) is 5.75 Å². The molecule has 0 spiro atoms. The van der Waals surface area contributed by atoms with Gasteiger partial charge >= 0.3 is 5.97 Å². The van der Waals surface area contributed by atoms with Crippen LogP contribution in [0, 0.1) is 19.7 Å². The Morgan fingerprint density at radius 1 is 0.971 bits per heavy atom. The van der Waals surface area contributed by atoms with Gasteiger partial charge in [0.15, 0.2) is 0 Å². The van der Waals surface area contributed by atoms with E-state index in [0.29, 0.717) is 17.1 Å². The number of halogens is 1. The molecule has 4 rings (SSSR count). The summed E-state index contributed by atoms with van der Waals surface area (Å²) >= 11 is 0. The van der Waals surface area contributed by atoms with Crippen LogP contribution < -0.4 is 10.1 Å². The lowest BCUT2D eigenvalue weighted by molar-refractivity contribution is -0.114. The average molecular weight is 473 g/mol. The van der Waals surface area contributed by atoms with Crippen molar-refractivity contribution in [2.45, 2.75) is 27.4 Å². The van der Waals surface area contributed by atoms with Crippen molar-refractivity contribution in [2.24, 2.45) is 0 Å². The fourth-order valence-electron chi connectivity index (χ4n) is 3.96. The molecule has 2 N–H and O–H groups in total. The lowest BCUT2D eigenvalue weighted by Crippen LogP contribution is -2.11. The van der Waals surface area contributed by atoms with E-state index in [0.717, 1.165) is 28.1 Å². The number of aryl methyl sites for hydroxylation is 2. The maximum absolute atomic E-state index is 13.3. The zero-order valence-electron chi connectivity index (χ0n) is 19.6. The fourth-order valence-corrected chi connectivity index (χ4v) is 3.96. The predicted molar refractivity (Wildman–Crippen MR) is 133 cm³/mol. The summed E-state index contributed by atoms with van der Waals surface area (Å²) in [7, 11) is 0. The fraction of sp³-hybridized carbons (Fsp3) is 0.143. The number of hydrogen-bond donors (Lipinski definition) is 2. The van der Waals surface area contributed by atoms with E-state index in [1.165, 1.54) is 25.1 Å². The number of hydrogen-bond acceptors (Lipinski definition) is 3. The van der Waals surface area contributed by atoms with Crippen LogP contribution in [0.25, 0.3) is 16.9 Å². The number of carbonyl (C=O) groups excluding carboxylic acids is 1. The number of benzene rings is 3. The smallest absolute Gasteiger partial charge is 0.337 e. The molecule has 35 heavy (non-hydrogen) atoms. The number of carbonyl (C=O) groups is 2. The molecule has 0 aliphatic rings. The topological polar surface area (TPSA) is 80.6 Å². The normalized spacial score (nSPS) is 10.7. The van der Waals surface area contributed by atoms with E-state index in [-0.39, 0.29) is 23.9 Å². The number of aromatic carboxylic acids is 1. The molecule has 4 aromatic rings. The van der Waals surface area contributed by atoms with Gasteiger partial charge in [0.1, 0.15) is 18.2 Å². The number of amides is 1. The number of nitrogens with zero attached hydrogens (tertiary/aromatic N) is 1. The molecular weight excluding hydrogens is 447 g/mol. The lowest BCUT2D eigenvalue weighted by atomic mass is 10.1. The number of ether oxygens (including phenoxy) is 1. The third-order valence-corrected chi connectivity index (χ3v) is 5.58. The Hall–Kier alpha value is -4.39. The number of carboxylic acids is 1. The van der Waals surface area contributed by atoms with E-state index in [2.05, 4.69) is 5.32 Å². The first-order valence-electron chi connectivity index (χ1n) is 11.0. The van der Waals surface area contributed by atoms with Gasteiger partial charge in [-0.15, -0.1) is 0 Å². The minimum Gasteiger partial charge on any atom is -0.488 e. The van der Waals surface area contributed by atoms with E-state index in [1.54, 1.807) is 24.3 Å². The second-order valence-corrected chi connectivity index (χ2v) is 8.33. The molecule has 0 bridgehead atoms. The van der Waals surface area contributed by atoms with Crippen LogP contribution in [0.2, 0.25) is 0 Å². The van der Waals surface area contributed by atoms with Crippen LogP contribution in [-0.2, 0) is 11.4 Å². The Bertz CT molecular complexity index is 1410. The van der Waals surface area contributed by atoms with Crippen molar-refractivity contribution in [3.05, 3.63) is 101 Å². The van der Waals surface area contributed by atoms with Crippen molar-refractivity contribution in [1.82, 2.24) is 4.57 Å². The van der Waals surface area contributed by atoms with Crippen molar-refractivity contribution in [1.29, 1.82) is 0 Å². The van der Waals surface area contributed by atoms with Gasteiger partial charge in [-0.1, -0.05) is 23.8 Å². The summed E-state index contributed by atoms with van der Waals surface area (Å²) in [5.74, 6) is -1.08. The van der Waals surface area contributed by atoms with Gasteiger partial charge in [-0.2, -0.15) is 0 Å². The first-order chi connectivity index (χ1) is 16.7. The summed E-state index contributed by atoms with van der Waals surface area (Å²) in [6, 6.07) is 20.6. The van der Waals surface area contributed by atoms with Gasteiger partial charge in [0.2, 0.25) is 5.91 Å². The molecule has 6 nitrogen and oxygen atoms in total. The maximum atomic E-state index is 13.3. The molecule has 1 amide bonds. The summed E-state index contributed by atoms with van der Waals surface area (Å²) in [5.41, 5.74) is 5.15. The van der Waals surface area contributed by atoms with Crippen LogP contribution >= 0.6 is 0 Å². The first kappa shape index (κ1) is 23.8. The zero-order valence-corrected chi connectivity index (χ0v) is 19.6. The average Bonchev–Trinajstić information content (AvgIpc) is 3.19. The lowest BCUT2D eigenvalue weighted by Gasteiger charge is -2.18. The molecule has 0 radical (unpaired) electrons. The van der Waals surface area contributed by atoms with Crippen molar-refractivity contribution in [2.75, 3.05) is 5.32 Å². The van der Waals surface area contributed by atoms with Gasteiger partial charge in [-0.05, 0) is 74.0 Å². The Morgan fingerprint density at radius 2 is 1.71 bits per heavy atom. The molecule has 1 heterocycles. The van der Waals surface area contributed by atoms with Gasteiger partial charge in [-0.3, -0.25) is 4.79 Å². The largest absolute Gasteiger partial charge is 0.488 e. The number of nitrogens with one attached hydrogen (secondary N) is 1. The van der Waals surface area contributed by atoms with Crippen LogP contribution in [0.15, 0.2) is 72.8 Å². The Balaban J connectivity index is 1.79. The van der Waals surface area contributed by atoms with E-state index in [9.17, 15) is 19.1 Å².